The lowest BCUT2D eigenvalue weighted by molar-refractivity contribution is -0.158. The second-order valence-electron chi connectivity index (χ2n) is 3.20. The Balaban J connectivity index is 0.00000225. The van der Waals surface area contributed by atoms with Gasteiger partial charge in [-0.2, -0.15) is 0 Å². The molecule has 1 heterocycles. The second kappa shape index (κ2) is 6.29. The number of amides is 2. The lowest BCUT2D eigenvalue weighted by atomic mass is 10.3. The van der Waals surface area contributed by atoms with Crippen LogP contribution in [-0.2, 0) is 14.4 Å². The van der Waals surface area contributed by atoms with Crippen LogP contribution in [0.4, 0.5) is 0 Å². The Labute approximate surface area is 98.6 Å². The summed E-state index contributed by atoms with van der Waals surface area (Å²) in [4.78, 5) is 35.5. The van der Waals surface area contributed by atoms with Gasteiger partial charge in [0.25, 0.3) is 0 Å². The van der Waals surface area contributed by atoms with E-state index < -0.39 is 24.3 Å². The van der Waals surface area contributed by atoms with Gasteiger partial charge in [-0.1, -0.05) is 0 Å². The maximum atomic E-state index is 11.4. The zero-order chi connectivity index (χ0) is 11.4. The Kier molecular flexibility index (Phi) is 5.76. The first-order chi connectivity index (χ1) is 7.06. The summed E-state index contributed by atoms with van der Waals surface area (Å²) >= 11 is 0. The number of aliphatic carboxylic acids is 1. The van der Waals surface area contributed by atoms with E-state index in [0.717, 1.165) is 4.90 Å². The molecule has 0 radical (unpaired) electrons. The predicted molar refractivity (Wildman–Crippen MR) is 57.1 cm³/mol. The van der Waals surface area contributed by atoms with Crippen molar-refractivity contribution < 1.29 is 19.5 Å². The van der Waals surface area contributed by atoms with Crippen molar-refractivity contribution in [2.45, 2.75) is 0 Å². The van der Waals surface area contributed by atoms with Gasteiger partial charge in [0.2, 0.25) is 0 Å². The van der Waals surface area contributed by atoms with E-state index in [9.17, 15) is 14.4 Å². The van der Waals surface area contributed by atoms with Crippen molar-refractivity contribution in [3.63, 3.8) is 0 Å². The van der Waals surface area contributed by atoms with E-state index >= 15 is 0 Å². The van der Waals surface area contributed by atoms with Crippen molar-refractivity contribution in [2.75, 3.05) is 32.7 Å². The molecule has 1 aliphatic rings. The molecule has 0 aromatic heterocycles. The SMILES string of the molecule is Cl.NCCN1CCN(CC(=O)O)C(=O)C1=O. The van der Waals surface area contributed by atoms with Crippen LogP contribution in [0.2, 0.25) is 0 Å². The first-order valence-corrected chi connectivity index (χ1v) is 4.56. The molecule has 3 N–H and O–H groups in total. The minimum atomic E-state index is -1.12. The topological polar surface area (TPSA) is 104 Å². The highest BCUT2D eigenvalue weighted by Gasteiger charge is 2.32. The van der Waals surface area contributed by atoms with Crippen molar-refractivity contribution >= 4 is 30.2 Å². The van der Waals surface area contributed by atoms with E-state index in [-0.39, 0.29) is 25.5 Å². The maximum Gasteiger partial charge on any atom is 0.323 e. The van der Waals surface area contributed by atoms with E-state index in [1.54, 1.807) is 0 Å². The van der Waals surface area contributed by atoms with Crippen molar-refractivity contribution in [1.29, 1.82) is 0 Å². The Hall–Kier alpha value is -1.34. The summed E-state index contributed by atoms with van der Waals surface area (Å²) < 4.78 is 0. The lowest BCUT2D eigenvalue weighted by Crippen LogP contribution is -2.56. The number of nitrogens with two attached hydrogens (primary N) is 1. The predicted octanol–water partition coefficient (Wildman–Crippen LogP) is -1.88. The van der Waals surface area contributed by atoms with Crippen molar-refractivity contribution in [3.8, 4) is 0 Å². The molecule has 0 aromatic carbocycles. The number of carbonyl (C=O) groups excluding carboxylic acids is 2. The fourth-order valence-electron chi connectivity index (χ4n) is 1.40. The number of carboxylic acid groups (broad SMARTS) is 1. The Morgan fingerprint density at radius 2 is 1.75 bits per heavy atom. The molecule has 8 heteroatoms. The average molecular weight is 252 g/mol. The van der Waals surface area contributed by atoms with Crippen LogP contribution in [0.5, 0.6) is 0 Å². The summed E-state index contributed by atoms with van der Waals surface area (Å²) in [6.45, 7) is 0.774. The minimum Gasteiger partial charge on any atom is -0.480 e. The first-order valence-electron chi connectivity index (χ1n) is 4.56. The largest absolute Gasteiger partial charge is 0.480 e. The molecule has 0 aromatic rings. The second-order valence-corrected chi connectivity index (χ2v) is 3.20. The third-order valence-corrected chi connectivity index (χ3v) is 2.12. The zero-order valence-electron chi connectivity index (χ0n) is 8.59. The molecular weight excluding hydrogens is 238 g/mol. The van der Waals surface area contributed by atoms with Gasteiger partial charge in [0.05, 0.1) is 0 Å². The van der Waals surface area contributed by atoms with Crippen LogP contribution in [0, 0.1) is 0 Å². The first kappa shape index (κ1) is 14.7. The van der Waals surface area contributed by atoms with Gasteiger partial charge in [-0.05, 0) is 0 Å². The summed E-state index contributed by atoms with van der Waals surface area (Å²) in [6.07, 6.45) is 0. The van der Waals surface area contributed by atoms with Crippen LogP contribution < -0.4 is 5.73 Å². The molecule has 1 aliphatic heterocycles. The summed E-state index contributed by atoms with van der Waals surface area (Å²) in [7, 11) is 0. The molecule has 0 unspecified atom stereocenters. The Bertz CT molecular complexity index is 297. The van der Waals surface area contributed by atoms with Crippen LogP contribution in [0.3, 0.4) is 0 Å². The third-order valence-electron chi connectivity index (χ3n) is 2.12. The monoisotopic (exact) mass is 251 g/mol. The summed E-state index contributed by atoms with van der Waals surface area (Å²) in [5.41, 5.74) is 5.27. The Morgan fingerprint density at radius 3 is 2.25 bits per heavy atom. The summed E-state index contributed by atoms with van der Waals surface area (Å²) in [5.74, 6) is -2.56. The highest BCUT2D eigenvalue weighted by Crippen LogP contribution is 2.03. The zero-order valence-corrected chi connectivity index (χ0v) is 9.40. The summed E-state index contributed by atoms with van der Waals surface area (Å²) in [6, 6.07) is 0. The van der Waals surface area contributed by atoms with Crippen molar-refractivity contribution in [1.82, 2.24) is 9.80 Å². The molecule has 1 fully saturated rings. The fourth-order valence-corrected chi connectivity index (χ4v) is 1.40. The van der Waals surface area contributed by atoms with Gasteiger partial charge in [0.1, 0.15) is 6.54 Å². The quantitative estimate of drug-likeness (QED) is 0.569. The third kappa shape index (κ3) is 3.35. The molecule has 92 valence electrons. The molecule has 0 aliphatic carbocycles. The minimum absolute atomic E-state index is 0. The van der Waals surface area contributed by atoms with E-state index in [1.807, 2.05) is 0 Å². The number of halogens is 1. The number of carbonyl (C=O) groups is 3. The fraction of sp³-hybridized carbons (Fsp3) is 0.625. The average Bonchev–Trinajstić information content (AvgIpc) is 2.17. The summed E-state index contributed by atoms with van der Waals surface area (Å²) in [5, 5.41) is 8.50. The van der Waals surface area contributed by atoms with E-state index in [0.29, 0.717) is 13.1 Å². The molecule has 1 saturated heterocycles. The van der Waals surface area contributed by atoms with E-state index in [2.05, 4.69) is 0 Å². The standard InChI is InChI=1S/C8H13N3O4.ClH/c9-1-2-10-3-4-11(5-6(12)13)8(15)7(10)14;/h1-5,9H2,(H,12,13);1H. The molecule has 0 atom stereocenters. The van der Waals surface area contributed by atoms with Crippen LogP contribution in [0.1, 0.15) is 0 Å². The maximum absolute atomic E-state index is 11.4. The number of carboxylic acids is 1. The van der Waals surface area contributed by atoms with Crippen molar-refractivity contribution in [3.05, 3.63) is 0 Å². The molecule has 0 saturated carbocycles. The van der Waals surface area contributed by atoms with Gasteiger partial charge < -0.3 is 20.6 Å². The molecule has 0 spiro atoms. The molecule has 16 heavy (non-hydrogen) atoms. The van der Waals surface area contributed by atoms with Crippen LogP contribution in [0.15, 0.2) is 0 Å². The number of rotatable bonds is 4. The van der Waals surface area contributed by atoms with Gasteiger partial charge in [0, 0.05) is 26.2 Å². The van der Waals surface area contributed by atoms with Crippen LogP contribution in [-0.4, -0.2) is 65.4 Å². The molecule has 0 bridgehead atoms. The van der Waals surface area contributed by atoms with Gasteiger partial charge in [-0.3, -0.25) is 14.4 Å². The molecule has 1 rings (SSSR count). The molecule has 7 nitrogen and oxygen atoms in total. The number of hydrogen-bond donors (Lipinski definition) is 2. The highest BCUT2D eigenvalue weighted by molar-refractivity contribution is 6.35. The van der Waals surface area contributed by atoms with Gasteiger partial charge in [-0.15, -0.1) is 12.4 Å². The van der Waals surface area contributed by atoms with E-state index in [1.165, 1.54) is 4.90 Å². The molecular formula is C8H14ClN3O4. The van der Waals surface area contributed by atoms with Crippen molar-refractivity contribution in [2.24, 2.45) is 5.73 Å². The van der Waals surface area contributed by atoms with Gasteiger partial charge in [-0.25, -0.2) is 0 Å². The lowest BCUT2D eigenvalue weighted by Gasteiger charge is -2.32. The van der Waals surface area contributed by atoms with Gasteiger partial charge in [0.15, 0.2) is 0 Å². The van der Waals surface area contributed by atoms with Gasteiger partial charge >= 0.3 is 17.8 Å². The Morgan fingerprint density at radius 1 is 1.25 bits per heavy atom. The normalized spacial score (nSPS) is 16.1. The number of hydrogen-bond acceptors (Lipinski definition) is 4. The van der Waals surface area contributed by atoms with Crippen LogP contribution in [0.25, 0.3) is 0 Å². The highest BCUT2D eigenvalue weighted by atomic mass is 35.5. The smallest absolute Gasteiger partial charge is 0.323 e. The number of nitrogens with zero attached hydrogens (tertiary/aromatic N) is 2. The van der Waals surface area contributed by atoms with E-state index in [4.69, 9.17) is 10.8 Å². The number of piperazine rings is 1. The van der Waals surface area contributed by atoms with Crippen LogP contribution >= 0.6 is 12.4 Å². The molecule has 2 amide bonds.